The van der Waals surface area contributed by atoms with Crippen molar-refractivity contribution in [2.24, 2.45) is 0 Å². The zero-order valence-electron chi connectivity index (χ0n) is 11.9. The molecule has 2 amide bonds. The summed E-state index contributed by atoms with van der Waals surface area (Å²) in [6.45, 7) is 4.99. The smallest absolute Gasteiger partial charge is 0.242 e. The van der Waals surface area contributed by atoms with Crippen molar-refractivity contribution in [2.45, 2.75) is 13.3 Å². The minimum atomic E-state index is -0.222. The Labute approximate surface area is 117 Å². The number of aromatic nitrogens is 1. The van der Waals surface area contributed by atoms with Gasteiger partial charge in [0.25, 0.3) is 0 Å². The van der Waals surface area contributed by atoms with Gasteiger partial charge >= 0.3 is 0 Å². The van der Waals surface area contributed by atoms with Crippen molar-refractivity contribution in [2.75, 3.05) is 39.8 Å². The molecule has 0 aliphatic carbocycles. The number of hydrogen-bond donors (Lipinski definition) is 1. The van der Waals surface area contributed by atoms with Gasteiger partial charge in [-0.3, -0.25) is 9.59 Å². The summed E-state index contributed by atoms with van der Waals surface area (Å²) in [5.41, 5.74) is 0.576. The Morgan fingerprint density at radius 3 is 2.65 bits per heavy atom. The van der Waals surface area contributed by atoms with E-state index in [4.69, 9.17) is 4.52 Å². The van der Waals surface area contributed by atoms with E-state index in [0.29, 0.717) is 24.5 Å². The number of amides is 2. The Balaban J connectivity index is 1.71. The highest BCUT2D eigenvalue weighted by Crippen LogP contribution is 2.02. The minimum absolute atomic E-state index is 0.0391. The van der Waals surface area contributed by atoms with E-state index in [1.54, 1.807) is 17.9 Å². The molecule has 0 unspecified atom stereocenters. The number of likely N-dealkylation sites (N-methyl/N-ethyl adjacent to an activating group) is 1. The lowest BCUT2D eigenvalue weighted by Crippen LogP contribution is -2.50. The Kier molecular flexibility index (Phi) is 4.73. The number of aryl methyl sites for hydroxylation is 1. The fourth-order valence-corrected chi connectivity index (χ4v) is 2.07. The summed E-state index contributed by atoms with van der Waals surface area (Å²) in [7, 11) is 2.03. The highest BCUT2D eigenvalue weighted by atomic mass is 16.5. The first-order valence-corrected chi connectivity index (χ1v) is 6.70. The lowest BCUT2D eigenvalue weighted by molar-refractivity contribution is -0.134. The van der Waals surface area contributed by atoms with E-state index in [1.807, 2.05) is 7.05 Å². The highest BCUT2D eigenvalue weighted by Gasteiger charge is 2.19. The number of nitrogens with zero attached hydrogens (tertiary/aromatic N) is 3. The monoisotopic (exact) mass is 280 g/mol. The molecule has 0 bridgehead atoms. The summed E-state index contributed by atoms with van der Waals surface area (Å²) in [6.07, 6.45) is 0.132. The van der Waals surface area contributed by atoms with Crippen molar-refractivity contribution in [3.63, 3.8) is 0 Å². The van der Waals surface area contributed by atoms with Crippen LogP contribution in [0.2, 0.25) is 0 Å². The van der Waals surface area contributed by atoms with Crippen LogP contribution in [-0.4, -0.2) is 66.5 Å². The van der Waals surface area contributed by atoms with Gasteiger partial charge < -0.3 is 19.6 Å². The van der Waals surface area contributed by atoms with Gasteiger partial charge in [0.15, 0.2) is 0 Å². The van der Waals surface area contributed by atoms with Gasteiger partial charge in [-0.2, -0.15) is 0 Å². The van der Waals surface area contributed by atoms with Crippen LogP contribution >= 0.6 is 0 Å². The fraction of sp³-hybridized carbons (Fsp3) is 0.615. The highest BCUT2D eigenvalue weighted by molar-refractivity contribution is 5.85. The van der Waals surface area contributed by atoms with Crippen LogP contribution in [0.5, 0.6) is 0 Å². The summed E-state index contributed by atoms with van der Waals surface area (Å²) in [5.74, 6) is 0.407. The van der Waals surface area contributed by atoms with Crippen LogP contribution in [-0.2, 0) is 16.0 Å². The quantitative estimate of drug-likeness (QED) is 0.798. The molecular formula is C13H20N4O3. The van der Waals surface area contributed by atoms with Gasteiger partial charge in [-0.15, -0.1) is 0 Å². The molecule has 1 aromatic heterocycles. The summed E-state index contributed by atoms with van der Waals surface area (Å²) in [6, 6.07) is 1.71. The van der Waals surface area contributed by atoms with Crippen molar-refractivity contribution >= 4 is 11.8 Å². The molecule has 1 aliphatic rings. The van der Waals surface area contributed by atoms with E-state index in [-0.39, 0.29) is 24.8 Å². The van der Waals surface area contributed by atoms with Gasteiger partial charge in [0.1, 0.15) is 5.76 Å². The summed E-state index contributed by atoms with van der Waals surface area (Å²) in [5, 5.41) is 6.37. The molecule has 1 fully saturated rings. The molecule has 0 radical (unpaired) electrons. The Hall–Kier alpha value is -1.89. The number of carbonyl (C=O) groups is 2. The Morgan fingerprint density at radius 2 is 2.05 bits per heavy atom. The molecule has 7 heteroatoms. The molecule has 0 aromatic carbocycles. The molecule has 0 spiro atoms. The van der Waals surface area contributed by atoms with E-state index in [2.05, 4.69) is 15.4 Å². The first-order valence-electron chi connectivity index (χ1n) is 6.70. The topological polar surface area (TPSA) is 78.7 Å². The fourth-order valence-electron chi connectivity index (χ4n) is 2.07. The molecule has 2 rings (SSSR count). The van der Waals surface area contributed by atoms with Crippen molar-refractivity contribution in [3.05, 3.63) is 17.5 Å². The SMILES string of the molecule is Cc1cc(CC(=O)NCC(=O)N2CCN(C)CC2)no1. The van der Waals surface area contributed by atoms with E-state index in [0.717, 1.165) is 13.1 Å². The van der Waals surface area contributed by atoms with Gasteiger partial charge in [-0.1, -0.05) is 5.16 Å². The molecule has 1 aromatic rings. The number of piperazine rings is 1. The van der Waals surface area contributed by atoms with Crippen molar-refractivity contribution < 1.29 is 14.1 Å². The van der Waals surface area contributed by atoms with Crippen molar-refractivity contribution in [1.29, 1.82) is 0 Å². The maximum Gasteiger partial charge on any atom is 0.242 e. The molecule has 2 heterocycles. The van der Waals surface area contributed by atoms with Gasteiger partial charge in [-0.05, 0) is 14.0 Å². The van der Waals surface area contributed by atoms with Gasteiger partial charge in [0.2, 0.25) is 11.8 Å². The summed E-state index contributed by atoms with van der Waals surface area (Å²) < 4.78 is 4.89. The Morgan fingerprint density at radius 1 is 1.35 bits per heavy atom. The first-order chi connectivity index (χ1) is 9.54. The van der Waals surface area contributed by atoms with Gasteiger partial charge in [0, 0.05) is 32.2 Å². The van der Waals surface area contributed by atoms with E-state index < -0.39 is 0 Å². The normalized spacial score (nSPS) is 16.2. The molecule has 1 saturated heterocycles. The van der Waals surface area contributed by atoms with Crippen LogP contribution in [0.1, 0.15) is 11.5 Å². The number of rotatable bonds is 4. The third kappa shape index (κ3) is 4.06. The molecule has 0 saturated carbocycles. The molecule has 110 valence electrons. The molecule has 0 atom stereocenters. The standard InChI is InChI=1S/C13H20N4O3/c1-10-7-11(15-20-10)8-12(18)14-9-13(19)17-5-3-16(2)4-6-17/h7H,3-6,8-9H2,1-2H3,(H,14,18). The van der Waals surface area contributed by atoms with Crippen molar-refractivity contribution in [1.82, 2.24) is 20.3 Å². The van der Waals surface area contributed by atoms with E-state index >= 15 is 0 Å². The summed E-state index contributed by atoms with van der Waals surface area (Å²) in [4.78, 5) is 27.6. The largest absolute Gasteiger partial charge is 0.361 e. The number of nitrogens with one attached hydrogen (secondary N) is 1. The maximum atomic E-state index is 11.9. The third-order valence-electron chi connectivity index (χ3n) is 3.31. The third-order valence-corrected chi connectivity index (χ3v) is 3.31. The average molecular weight is 280 g/mol. The zero-order valence-corrected chi connectivity index (χ0v) is 11.9. The average Bonchev–Trinajstić information content (AvgIpc) is 2.82. The number of carbonyl (C=O) groups excluding carboxylic acids is 2. The van der Waals surface area contributed by atoms with Crippen LogP contribution in [0.25, 0.3) is 0 Å². The van der Waals surface area contributed by atoms with Gasteiger partial charge in [0.05, 0.1) is 18.7 Å². The van der Waals surface area contributed by atoms with Crippen LogP contribution in [0.4, 0.5) is 0 Å². The lowest BCUT2D eigenvalue weighted by atomic mass is 10.2. The molecule has 1 N–H and O–H groups in total. The van der Waals surface area contributed by atoms with E-state index in [9.17, 15) is 9.59 Å². The second kappa shape index (κ2) is 6.51. The second-order valence-corrected chi connectivity index (χ2v) is 5.07. The summed E-state index contributed by atoms with van der Waals surface area (Å²) >= 11 is 0. The van der Waals surface area contributed by atoms with Crippen LogP contribution in [0, 0.1) is 6.92 Å². The molecular weight excluding hydrogens is 260 g/mol. The predicted molar refractivity (Wildman–Crippen MR) is 72.0 cm³/mol. The van der Waals surface area contributed by atoms with Crippen LogP contribution in [0.15, 0.2) is 10.6 Å². The predicted octanol–water partition coefficient (Wildman–Crippen LogP) is -0.584. The molecule has 7 nitrogen and oxygen atoms in total. The first kappa shape index (κ1) is 14.5. The minimum Gasteiger partial charge on any atom is -0.361 e. The van der Waals surface area contributed by atoms with Crippen LogP contribution < -0.4 is 5.32 Å². The van der Waals surface area contributed by atoms with Crippen LogP contribution in [0.3, 0.4) is 0 Å². The lowest BCUT2D eigenvalue weighted by Gasteiger charge is -2.32. The maximum absolute atomic E-state index is 11.9. The number of hydrogen-bond acceptors (Lipinski definition) is 5. The van der Waals surface area contributed by atoms with E-state index in [1.165, 1.54) is 0 Å². The Bertz CT molecular complexity index is 478. The molecule has 1 aliphatic heterocycles. The zero-order chi connectivity index (χ0) is 14.5. The van der Waals surface area contributed by atoms with Crippen molar-refractivity contribution in [3.8, 4) is 0 Å². The van der Waals surface area contributed by atoms with Gasteiger partial charge in [-0.25, -0.2) is 0 Å². The second-order valence-electron chi connectivity index (χ2n) is 5.07. The molecule has 20 heavy (non-hydrogen) atoms.